The summed E-state index contributed by atoms with van der Waals surface area (Å²) in [6.45, 7) is 7.67. The molecule has 17 nitrogen and oxygen atoms in total. The number of imide groups is 1. The molecular formula is C54H70N6O11S. The summed E-state index contributed by atoms with van der Waals surface area (Å²) in [6.07, 6.45) is 14.1. The van der Waals surface area contributed by atoms with Gasteiger partial charge in [-0.15, -0.1) is 11.8 Å². The maximum Gasteiger partial charge on any atom is 0.255 e. The summed E-state index contributed by atoms with van der Waals surface area (Å²) in [5, 5.41) is 5.30. The average Bonchev–Trinajstić information content (AvgIpc) is 3.74. The van der Waals surface area contributed by atoms with Gasteiger partial charge in [-0.25, -0.2) is 0 Å². The van der Waals surface area contributed by atoms with E-state index in [9.17, 15) is 28.8 Å². The maximum atomic E-state index is 13.3. The number of pyridine rings is 1. The van der Waals surface area contributed by atoms with Gasteiger partial charge in [0.25, 0.3) is 11.8 Å². The maximum absolute atomic E-state index is 13.3. The third kappa shape index (κ3) is 16.8. The number of nitrogens with one attached hydrogen (secondary N) is 2. The number of carbonyl (C=O) groups is 6. The number of piperidine rings is 3. The van der Waals surface area contributed by atoms with E-state index >= 15 is 0 Å². The van der Waals surface area contributed by atoms with E-state index in [2.05, 4.69) is 27.8 Å². The molecular weight excluding hydrogens is 941 g/mol. The quantitative estimate of drug-likeness (QED) is 0.0414. The van der Waals surface area contributed by atoms with Crippen LogP contribution in [0.2, 0.25) is 0 Å². The number of rotatable bonds is 28. The lowest BCUT2D eigenvalue weighted by atomic mass is 9.88. The molecule has 4 aliphatic rings. The molecule has 4 aliphatic heterocycles. The Kier molecular flexibility index (Phi) is 22.1. The first-order chi connectivity index (χ1) is 35.2. The molecule has 0 saturated carbocycles. The number of benzene rings is 2. The predicted octanol–water partition coefficient (Wildman–Crippen LogP) is 5.28. The van der Waals surface area contributed by atoms with E-state index in [-0.39, 0.29) is 42.6 Å². The van der Waals surface area contributed by atoms with Crippen molar-refractivity contribution in [3.05, 3.63) is 101 Å². The second-order valence-corrected chi connectivity index (χ2v) is 19.6. The fourth-order valence-corrected chi connectivity index (χ4v) is 10.4. The number of nitrogens with zero attached hydrogens (tertiary/aromatic N) is 4. The molecule has 3 fully saturated rings. The van der Waals surface area contributed by atoms with Crippen LogP contribution in [0.15, 0.2) is 78.0 Å². The van der Waals surface area contributed by atoms with Crippen LogP contribution in [0.5, 0.6) is 0 Å². The minimum atomic E-state index is -0.633. The summed E-state index contributed by atoms with van der Waals surface area (Å²) in [5.74, 6) is 0.713. The van der Waals surface area contributed by atoms with Crippen LogP contribution >= 0.6 is 11.8 Å². The van der Waals surface area contributed by atoms with Crippen LogP contribution in [-0.4, -0.2) is 166 Å². The highest BCUT2D eigenvalue weighted by atomic mass is 32.2. The number of unbranched alkanes of at least 4 members (excludes halogenated alkanes) is 1. The lowest BCUT2D eigenvalue weighted by Crippen LogP contribution is -2.52. The highest BCUT2D eigenvalue weighted by Crippen LogP contribution is 2.35. The minimum Gasteiger partial charge on any atom is -0.378 e. The van der Waals surface area contributed by atoms with Crippen molar-refractivity contribution in [2.75, 3.05) is 105 Å². The second kappa shape index (κ2) is 29.3. The SMILES string of the molecule is O=C(/C=C/c1cccnc1)NCCCCC1CCN(C(=O)c2ccc(C3CCN(C(=O)COCCOCCOCCOCCOCCSc4cccc5c4CN(C4CCC(=O)NC4=O)C5=O)CC3)cc2)CC1. The summed E-state index contributed by atoms with van der Waals surface area (Å²) in [4.78, 5) is 85.7. The topological polar surface area (TPSA) is 195 Å². The molecule has 1 aromatic heterocycles. The first-order valence-corrected chi connectivity index (χ1v) is 26.5. The van der Waals surface area contributed by atoms with Crippen molar-refractivity contribution in [3.8, 4) is 0 Å². The van der Waals surface area contributed by atoms with Crippen LogP contribution in [0.4, 0.5) is 0 Å². The van der Waals surface area contributed by atoms with Gasteiger partial charge in [-0.2, -0.15) is 0 Å². The lowest BCUT2D eigenvalue weighted by molar-refractivity contribution is -0.138. The Morgan fingerprint density at radius 3 is 2.11 bits per heavy atom. The number of aromatic nitrogens is 1. The van der Waals surface area contributed by atoms with Gasteiger partial charge in [-0.3, -0.25) is 39.1 Å². The highest BCUT2D eigenvalue weighted by molar-refractivity contribution is 7.99. The average molecular weight is 1010 g/mol. The van der Waals surface area contributed by atoms with E-state index in [1.807, 2.05) is 46.2 Å². The molecule has 6 amide bonds. The molecule has 0 bridgehead atoms. The standard InChI is InChI=1S/C54H70N6O11S/c61-49(15-9-41-6-4-21-55-37-41)56-22-2-1-5-40-17-23-59(24-18-40)53(65)44-12-10-42(11-13-44)43-19-25-58(26-20-43)51(63)39-71-34-33-69-30-29-67-27-28-68-31-32-70-35-36-72-48-8-3-7-45-46(48)38-60(54(45)66)47-14-16-50(62)57-52(47)64/h3-4,6-13,15,21,37,40,43,47H,1-2,5,14,16-20,22-36,38-39H2,(H,56,61)(H,57,62,64)/b15-9+. The number of fused-ring (bicyclic) bond motifs is 1. The molecule has 2 aromatic carbocycles. The Labute approximate surface area is 427 Å². The van der Waals surface area contributed by atoms with Crippen molar-refractivity contribution in [1.29, 1.82) is 0 Å². The number of amides is 6. The third-order valence-corrected chi connectivity index (χ3v) is 14.6. The van der Waals surface area contributed by atoms with Gasteiger partial charge in [0.05, 0.1) is 59.5 Å². The van der Waals surface area contributed by atoms with E-state index in [0.29, 0.717) is 115 Å². The number of ether oxygens (including phenoxy) is 5. The van der Waals surface area contributed by atoms with E-state index < -0.39 is 11.9 Å². The minimum absolute atomic E-state index is 0.0178. The first kappa shape index (κ1) is 54.3. The molecule has 388 valence electrons. The highest BCUT2D eigenvalue weighted by Gasteiger charge is 2.40. The van der Waals surface area contributed by atoms with Crippen molar-refractivity contribution in [1.82, 2.24) is 30.3 Å². The fourth-order valence-electron chi connectivity index (χ4n) is 9.48. The summed E-state index contributed by atoms with van der Waals surface area (Å²) in [5.41, 5.74) is 4.33. The molecule has 5 heterocycles. The van der Waals surface area contributed by atoms with Gasteiger partial charge in [0.2, 0.25) is 23.6 Å². The molecule has 2 N–H and O–H groups in total. The van der Waals surface area contributed by atoms with Crippen LogP contribution in [0.1, 0.15) is 101 Å². The monoisotopic (exact) mass is 1010 g/mol. The van der Waals surface area contributed by atoms with E-state index in [4.69, 9.17) is 23.7 Å². The van der Waals surface area contributed by atoms with Gasteiger partial charge in [0.1, 0.15) is 12.6 Å². The van der Waals surface area contributed by atoms with Crippen LogP contribution in [-0.2, 0) is 49.4 Å². The smallest absolute Gasteiger partial charge is 0.255 e. The largest absolute Gasteiger partial charge is 0.378 e. The summed E-state index contributed by atoms with van der Waals surface area (Å²) in [7, 11) is 0. The number of carbonyl (C=O) groups excluding carboxylic acids is 6. The zero-order valence-corrected chi connectivity index (χ0v) is 42.1. The lowest BCUT2D eigenvalue weighted by Gasteiger charge is -2.33. The zero-order valence-electron chi connectivity index (χ0n) is 41.3. The van der Waals surface area contributed by atoms with Crippen molar-refractivity contribution in [3.63, 3.8) is 0 Å². The summed E-state index contributed by atoms with van der Waals surface area (Å²) >= 11 is 1.61. The fraction of sp³-hybridized carbons (Fsp3) is 0.537. The Morgan fingerprint density at radius 2 is 1.43 bits per heavy atom. The van der Waals surface area contributed by atoms with Gasteiger partial charge >= 0.3 is 0 Å². The Balaban J connectivity index is 0.635. The number of hydrogen-bond acceptors (Lipinski definition) is 13. The molecule has 0 aliphatic carbocycles. The molecule has 72 heavy (non-hydrogen) atoms. The van der Waals surface area contributed by atoms with Crippen molar-refractivity contribution < 1.29 is 52.5 Å². The molecule has 0 spiro atoms. The first-order valence-electron chi connectivity index (χ1n) is 25.5. The summed E-state index contributed by atoms with van der Waals surface area (Å²) < 4.78 is 28.1. The van der Waals surface area contributed by atoms with Crippen molar-refractivity contribution >= 4 is 53.3 Å². The summed E-state index contributed by atoms with van der Waals surface area (Å²) in [6, 6.07) is 16.8. The molecule has 1 unspecified atom stereocenters. The molecule has 18 heteroatoms. The van der Waals surface area contributed by atoms with Gasteiger partial charge < -0.3 is 43.7 Å². The number of likely N-dealkylation sites (tertiary alicyclic amines) is 2. The second-order valence-electron chi connectivity index (χ2n) is 18.5. The zero-order chi connectivity index (χ0) is 50.3. The van der Waals surface area contributed by atoms with Gasteiger partial charge in [-0.05, 0) is 103 Å². The number of thioether (sulfide) groups is 1. The molecule has 0 radical (unpaired) electrons. The normalized spacial score (nSPS) is 17.7. The molecule has 3 saturated heterocycles. The molecule has 1 atom stereocenters. The van der Waals surface area contributed by atoms with E-state index in [0.717, 1.165) is 79.6 Å². The Morgan fingerprint density at radius 1 is 0.750 bits per heavy atom. The van der Waals surface area contributed by atoms with Crippen LogP contribution in [0, 0.1) is 5.92 Å². The van der Waals surface area contributed by atoms with Gasteiger partial charge in [0.15, 0.2) is 0 Å². The molecule has 7 rings (SSSR count). The van der Waals surface area contributed by atoms with Crippen LogP contribution in [0.25, 0.3) is 6.08 Å². The van der Waals surface area contributed by atoms with Gasteiger partial charge in [0, 0.05) is 85.9 Å². The Hall–Kier alpha value is -5.50. The van der Waals surface area contributed by atoms with Crippen molar-refractivity contribution in [2.45, 2.75) is 81.2 Å². The third-order valence-electron chi connectivity index (χ3n) is 13.6. The van der Waals surface area contributed by atoms with E-state index in [1.54, 1.807) is 47.3 Å². The van der Waals surface area contributed by atoms with E-state index in [1.165, 1.54) is 5.56 Å². The van der Waals surface area contributed by atoms with Crippen molar-refractivity contribution in [2.24, 2.45) is 5.92 Å². The van der Waals surface area contributed by atoms with Crippen LogP contribution in [0.3, 0.4) is 0 Å². The predicted molar refractivity (Wildman–Crippen MR) is 271 cm³/mol. The number of hydrogen-bond donors (Lipinski definition) is 2. The van der Waals surface area contributed by atoms with Gasteiger partial charge in [-0.1, -0.05) is 37.1 Å². The van der Waals surface area contributed by atoms with Crippen LogP contribution < -0.4 is 10.6 Å². The molecule has 3 aromatic rings. The Bertz CT molecular complexity index is 2270.